The molecule has 1 saturated carbocycles. The van der Waals surface area contributed by atoms with Gasteiger partial charge in [-0.2, -0.15) is 0 Å². The largest absolute Gasteiger partial charge is 0.476 e. The Morgan fingerprint density at radius 2 is 2.24 bits per heavy atom. The molecule has 1 N–H and O–H groups in total. The molecule has 2 bridgehead atoms. The van der Waals surface area contributed by atoms with E-state index in [9.17, 15) is 4.79 Å². The summed E-state index contributed by atoms with van der Waals surface area (Å²) in [5.41, 5.74) is 1.09. The maximum Gasteiger partial charge on any atom is 0.355 e. The Morgan fingerprint density at radius 1 is 1.48 bits per heavy atom. The summed E-state index contributed by atoms with van der Waals surface area (Å²) in [7, 11) is 0. The van der Waals surface area contributed by atoms with Crippen LogP contribution in [0.25, 0.3) is 0 Å². The second-order valence-corrected chi connectivity index (χ2v) is 8.81. The molecule has 21 heavy (non-hydrogen) atoms. The number of nitrogens with zero attached hydrogens (tertiary/aromatic N) is 2. The lowest BCUT2D eigenvalue weighted by Crippen LogP contribution is -2.35. The van der Waals surface area contributed by atoms with E-state index in [1.807, 2.05) is 0 Å². The number of rotatable bonds is 4. The van der Waals surface area contributed by atoms with Crippen LogP contribution in [0.2, 0.25) is 0 Å². The number of carbonyl (C=O) groups is 1. The number of aromatic nitrogens is 1. The van der Waals surface area contributed by atoms with Gasteiger partial charge in [-0.25, -0.2) is 9.78 Å². The van der Waals surface area contributed by atoms with Crippen molar-refractivity contribution in [3.63, 3.8) is 0 Å². The summed E-state index contributed by atoms with van der Waals surface area (Å²) >= 11 is 1.47. The van der Waals surface area contributed by atoms with Crippen LogP contribution in [0.4, 0.5) is 0 Å². The number of hydrogen-bond donors (Lipinski definition) is 1. The quantitative estimate of drug-likeness (QED) is 0.927. The van der Waals surface area contributed by atoms with E-state index in [2.05, 4.69) is 30.7 Å². The fourth-order valence-electron chi connectivity index (χ4n) is 4.60. The molecule has 2 unspecified atom stereocenters. The molecule has 0 aromatic carbocycles. The zero-order valence-electron chi connectivity index (χ0n) is 13.1. The lowest BCUT2D eigenvalue weighted by Gasteiger charge is -2.39. The van der Waals surface area contributed by atoms with Gasteiger partial charge in [0.1, 0.15) is 0 Å². The molecule has 1 aromatic heterocycles. The van der Waals surface area contributed by atoms with Gasteiger partial charge in [0.15, 0.2) is 5.69 Å². The Labute approximate surface area is 130 Å². The van der Waals surface area contributed by atoms with Crippen molar-refractivity contribution in [3.8, 4) is 0 Å². The molecule has 4 nitrogen and oxygen atoms in total. The molecular weight excluding hydrogens is 284 g/mol. The highest BCUT2D eigenvalue weighted by Gasteiger charge is 2.49. The molecule has 1 saturated heterocycles. The van der Waals surface area contributed by atoms with Gasteiger partial charge in [0.25, 0.3) is 0 Å². The maximum absolute atomic E-state index is 10.9. The molecule has 1 aliphatic carbocycles. The highest BCUT2D eigenvalue weighted by molar-refractivity contribution is 7.09. The van der Waals surface area contributed by atoms with Gasteiger partial charge in [-0.1, -0.05) is 20.8 Å². The third-order valence-corrected chi connectivity index (χ3v) is 5.82. The van der Waals surface area contributed by atoms with Crippen molar-refractivity contribution < 1.29 is 9.90 Å². The standard InChI is InChI=1S/C16H24N2O2S/c1-15(2)6-11-7-16(3,9-15)10-18(11)5-4-13-17-12(8-21-13)14(19)20/h8,11H,4-7,9-10H2,1-3H3,(H,19,20). The van der Waals surface area contributed by atoms with Gasteiger partial charge in [-0.05, 0) is 30.1 Å². The average molecular weight is 308 g/mol. The minimum absolute atomic E-state index is 0.184. The molecule has 3 rings (SSSR count). The van der Waals surface area contributed by atoms with Crippen LogP contribution in [0.15, 0.2) is 5.38 Å². The van der Waals surface area contributed by atoms with Crippen molar-refractivity contribution in [2.45, 2.75) is 52.5 Å². The monoisotopic (exact) mass is 308 g/mol. The molecular formula is C16H24N2O2S. The van der Waals surface area contributed by atoms with E-state index in [0.717, 1.165) is 18.0 Å². The molecule has 5 heteroatoms. The lowest BCUT2D eigenvalue weighted by atomic mass is 9.65. The van der Waals surface area contributed by atoms with E-state index < -0.39 is 5.97 Å². The van der Waals surface area contributed by atoms with Crippen LogP contribution in [0, 0.1) is 10.8 Å². The lowest BCUT2D eigenvalue weighted by molar-refractivity contribution is 0.0691. The fraction of sp³-hybridized carbons (Fsp3) is 0.750. The maximum atomic E-state index is 10.9. The van der Waals surface area contributed by atoms with Gasteiger partial charge in [-0.15, -0.1) is 11.3 Å². The molecule has 0 radical (unpaired) electrons. The predicted molar refractivity (Wildman–Crippen MR) is 83.9 cm³/mol. The molecule has 2 aliphatic rings. The van der Waals surface area contributed by atoms with Crippen molar-refractivity contribution in [2.24, 2.45) is 10.8 Å². The van der Waals surface area contributed by atoms with Gasteiger partial charge in [0, 0.05) is 30.9 Å². The van der Waals surface area contributed by atoms with Crippen molar-refractivity contribution >= 4 is 17.3 Å². The molecule has 1 aliphatic heterocycles. The van der Waals surface area contributed by atoms with Crippen LogP contribution >= 0.6 is 11.3 Å². The first-order chi connectivity index (χ1) is 9.76. The van der Waals surface area contributed by atoms with Crippen LogP contribution in [0.1, 0.15) is 55.5 Å². The third kappa shape index (κ3) is 3.14. The summed E-state index contributed by atoms with van der Waals surface area (Å²) in [5.74, 6) is -0.927. The molecule has 116 valence electrons. The van der Waals surface area contributed by atoms with E-state index in [1.54, 1.807) is 5.38 Å². The van der Waals surface area contributed by atoms with E-state index >= 15 is 0 Å². The number of thiazole rings is 1. The van der Waals surface area contributed by atoms with Gasteiger partial charge in [0.2, 0.25) is 0 Å². The second-order valence-electron chi connectivity index (χ2n) is 7.87. The van der Waals surface area contributed by atoms with Gasteiger partial charge < -0.3 is 5.11 Å². The Morgan fingerprint density at radius 3 is 2.90 bits per heavy atom. The number of likely N-dealkylation sites (tertiary alicyclic amines) is 1. The average Bonchev–Trinajstić information content (AvgIpc) is 2.88. The van der Waals surface area contributed by atoms with E-state index in [-0.39, 0.29) is 5.69 Å². The summed E-state index contributed by atoms with van der Waals surface area (Å²) < 4.78 is 0. The first-order valence-corrected chi connectivity index (χ1v) is 8.56. The molecule has 0 spiro atoms. The third-order valence-electron chi connectivity index (χ3n) is 4.91. The Kier molecular flexibility index (Phi) is 3.61. The van der Waals surface area contributed by atoms with Crippen molar-refractivity contribution in [2.75, 3.05) is 13.1 Å². The van der Waals surface area contributed by atoms with Gasteiger partial charge in [-0.3, -0.25) is 4.90 Å². The topological polar surface area (TPSA) is 53.4 Å². The summed E-state index contributed by atoms with van der Waals surface area (Å²) in [4.78, 5) is 17.7. The van der Waals surface area contributed by atoms with Crippen LogP contribution < -0.4 is 0 Å². The number of carboxylic acid groups (broad SMARTS) is 1. The van der Waals surface area contributed by atoms with Crippen LogP contribution in [-0.4, -0.2) is 40.1 Å². The normalized spacial score (nSPS) is 31.5. The molecule has 0 amide bonds. The minimum Gasteiger partial charge on any atom is -0.476 e. The minimum atomic E-state index is -0.927. The smallest absolute Gasteiger partial charge is 0.355 e. The van der Waals surface area contributed by atoms with Crippen LogP contribution in [0.5, 0.6) is 0 Å². The van der Waals surface area contributed by atoms with Gasteiger partial charge >= 0.3 is 5.97 Å². The van der Waals surface area contributed by atoms with Crippen molar-refractivity contribution in [1.29, 1.82) is 0 Å². The highest BCUT2D eigenvalue weighted by atomic mass is 32.1. The summed E-state index contributed by atoms with van der Waals surface area (Å²) in [5, 5.41) is 11.5. The number of fused-ring (bicyclic) bond motifs is 2. The zero-order chi connectivity index (χ0) is 15.3. The predicted octanol–water partition coefficient (Wildman–Crippen LogP) is 3.28. The Bertz CT molecular complexity index is 554. The van der Waals surface area contributed by atoms with E-state index in [1.165, 1.54) is 37.1 Å². The van der Waals surface area contributed by atoms with Crippen LogP contribution in [0.3, 0.4) is 0 Å². The van der Waals surface area contributed by atoms with Crippen molar-refractivity contribution in [3.05, 3.63) is 16.1 Å². The number of aromatic carboxylic acids is 1. The van der Waals surface area contributed by atoms with E-state index in [0.29, 0.717) is 16.9 Å². The first-order valence-electron chi connectivity index (χ1n) is 7.68. The summed E-state index contributed by atoms with van der Waals surface area (Å²) in [6.45, 7) is 9.38. The molecule has 2 fully saturated rings. The Balaban J connectivity index is 1.62. The highest BCUT2D eigenvalue weighted by Crippen LogP contribution is 2.52. The second kappa shape index (κ2) is 5.06. The SMILES string of the molecule is CC1(C)CC2CC(C)(CN2CCc2nc(C(=O)O)cs2)C1. The number of carboxylic acids is 1. The summed E-state index contributed by atoms with van der Waals surface area (Å²) in [6.07, 6.45) is 4.77. The summed E-state index contributed by atoms with van der Waals surface area (Å²) in [6, 6.07) is 0.692. The zero-order valence-corrected chi connectivity index (χ0v) is 13.9. The van der Waals surface area contributed by atoms with Gasteiger partial charge in [0.05, 0.1) is 5.01 Å². The van der Waals surface area contributed by atoms with Crippen molar-refractivity contribution in [1.82, 2.24) is 9.88 Å². The van der Waals surface area contributed by atoms with E-state index in [4.69, 9.17) is 5.11 Å². The Hall–Kier alpha value is -0.940. The molecule has 2 atom stereocenters. The van der Waals surface area contributed by atoms with Crippen LogP contribution in [-0.2, 0) is 6.42 Å². The molecule has 1 aromatic rings. The molecule has 2 heterocycles. The number of hydrogen-bond acceptors (Lipinski definition) is 4. The fourth-order valence-corrected chi connectivity index (χ4v) is 5.36. The first kappa shape index (κ1) is 15.0.